The molecule has 1 saturated heterocycles. The van der Waals surface area contributed by atoms with Gasteiger partial charge in [0.2, 0.25) is 5.88 Å². The second kappa shape index (κ2) is 8.38. The highest BCUT2D eigenvalue weighted by Gasteiger charge is 2.27. The van der Waals surface area contributed by atoms with E-state index in [9.17, 15) is 10.1 Å². The lowest BCUT2D eigenvalue weighted by Crippen LogP contribution is -2.44. The number of carbonyl (C=O) groups is 1. The van der Waals surface area contributed by atoms with Crippen LogP contribution in [-0.4, -0.2) is 34.5 Å². The van der Waals surface area contributed by atoms with Crippen LogP contribution in [0.15, 0.2) is 59.3 Å². The predicted molar refractivity (Wildman–Crippen MR) is 110 cm³/mol. The van der Waals surface area contributed by atoms with Crippen LogP contribution in [0.1, 0.15) is 40.1 Å². The van der Waals surface area contributed by atoms with E-state index in [1.165, 1.54) is 5.56 Å². The number of nitrogens with one attached hydrogen (secondary N) is 1. The van der Waals surface area contributed by atoms with Crippen molar-refractivity contribution in [3.05, 3.63) is 77.3 Å². The number of nitriles is 1. The molecular weight excluding hydrogens is 364 g/mol. The summed E-state index contributed by atoms with van der Waals surface area (Å²) >= 11 is 0. The summed E-state index contributed by atoms with van der Waals surface area (Å²) in [5.74, 6) is 0.616. The fraction of sp³-hybridized carbons (Fsp3) is 0.304. The maximum absolute atomic E-state index is 12.9. The van der Waals surface area contributed by atoms with E-state index < -0.39 is 0 Å². The zero-order valence-corrected chi connectivity index (χ0v) is 16.5. The largest absolute Gasteiger partial charge is 0.443 e. The number of likely N-dealkylation sites (tertiary alicyclic amines) is 1. The molecule has 148 valence electrons. The van der Waals surface area contributed by atoms with Crippen LogP contribution in [0, 0.1) is 18.3 Å². The molecule has 1 aliphatic rings. The molecule has 0 atom stereocenters. The van der Waals surface area contributed by atoms with Crippen LogP contribution in [0.2, 0.25) is 0 Å². The molecule has 1 fully saturated rings. The molecule has 1 aliphatic heterocycles. The number of hydrogen-bond donors (Lipinski definition) is 1. The van der Waals surface area contributed by atoms with Crippen LogP contribution < -0.4 is 5.32 Å². The van der Waals surface area contributed by atoms with Gasteiger partial charge in [0.1, 0.15) is 23.0 Å². The van der Waals surface area contributed by atoms with Gasteiger partial charge in [-0.25, -0.2) is 0 Å². The van der Waals surface area contributed by atoms with E-state index in [0.29, 0.717) is 17.2 Å². The molecule has 0 aliphatic carbocycles. The second-order valence-electron chi connectivity index (χ2n) is 7.42. The Hall–Kier alpha value is -3.30. The number of furan rings is 1. The third kappa shape index (κ3) is 4.10. The first-order valence-corrected chi connectivity index (χ1v) is 9.89. The number of hydrogen-bond acceptors (Lipinski definition) is 4. The molecule has 1 amide bonds. The van der Waals surface area contributed by atoms with Gasteiger partial charge in [0, 0.05) is 38.1 Å². The Morgan fingerprint density at radius 1 is 1.17 bits per heavy atom. The van der Waals surface area contributed by atoms with Crippen LogP contribution in [0.5, 0.6) is 0 Å². The van der Waals surface area contributed by atoms with Crippen molar-refractivity contribution in [2.45, 2.75) is 32.4 Å². The molecule has 0 unspecified atom stereocenters. The zero-order valence-electron chi connectivity index (χ0n) is 16.5. The molecule has 3 aromatic rings. The van der Waals surface area contributed by atoms with Crippen LogP contribution >= 0.6 is 0 Å². The van der Waals surface area contributed by atoms with Gasteiger partial charge in [-0.1, -0.05) is 30.3 Å². The highest BCUT2D eigenvalue weighted by molar-refractivity contribution is 5.98. The number of aryl methyl sites for hydroxylation is 1. The lowest BCUT2D eigenvalue weighted by molar-refractivity contribution is 0.0907. The second-order valence-corrected chi connectivity index (χ2v) is 7.42. The number of aromatic nitrogens is 1. The molecule has 29 heavy (non-hydrogen) atoms. The number of rotatable bonds is 5. The van der Waals surface area contributed by atoms with Gasteiger partial charge in [-0.3, -0.25) is 14.3 Å². The van der Waals surface area contributed by atoms with Crippen molar-refractivity contribution in [2.75, 3.05) is 13.1 Å². The quantitative estimate of drug-likeness (QED) is 0.724. The minimum Gasteiger partial charge on any atom is -0.443 e. The van der Waals surface area contributed by atoms with Gasteiger partial charge >= 0.3 is 0 Å². The van der Waals surface area contributed by atoms with Gasteiger partial charge in [-0.05, 0) is 37.5 Å². The smallest absolute Gasteiger partial charge is 0.256 e. The van der Waals surface area contributed by atoms with Gasteiger partial charge in [-0.15, -0.1) is 0 Å². The summed E-state index contributed by atoms with van der Waals surface area (Å²) in [6.45, 7) is 4.53. The van der Waals surface area contributed by atoms with Gasteiger partial charge < -0.3 is 9.73 Å². The van der Waals surface area contributed by atoms with Crippen LogP contribution in [-0.2, 0) is 6.54 Å². The summed E-state index contributed by atoms with van der Waals surface area (Å²) in [4.78, 5) is 15.3. The summed E-state index contributed by atoms with van der Waals surface area (Å²) in [5.41, 5.74) is 1.92. The lowest BCUT2D eigenvalue weighted by Gasteiger charge is -2.32. The molecule has 1 N–H and O–H groups in total. The average Bonchev–Trinajstić information content (AvgIpc) is 3.37. The summed E-state index contributed by atoms with van der Waals surface area (Å²) in [7, 11) is 0. The van der Waals surface area contributed by atoms with E-state index in [4.69, 9.17) is 4.42 Å². The molecule has 3 heterocycles. The number of carbonyl (C=O) groups excluding carboxylic acids is 1. The Kier molecular flexibility index (Phi) is 5.50. The molecule has 0 saturated carbocycles. The molecule has 1 aromatic carbocycles. The monoisotopic (exact) mass is 388 g/mol. The predicted octanol–water partition coefficient (Wildman–Crippen LogP) is 3.64. The normalized spacial score (nSPS) is 15.2. The van der Waals surface area contributed by atoms with Gasteiger partial charge in [0.15, 0.2) is 0 Å². The molecule has 6 heteroatoms. The Morgan fingerprint density at radius 2 is 1.86 bits per heavy atom. The summed E-state index contributed by atoms with van der Waals surface area (Å²) in [6.07, 6.45) is 5.37. The Bertz CT molecular complexity index is 1010. The SMILES string of the molecule is Cc1oc(-n2cccc2)c(C#N)c1C(=O)NC1CCN(Cc2ccccc2)CC1. The average molecular weight is 388 g/mol. The first-order chi connectivity index (χ1) is 14.2. The number of benzene rings is 1. The van der Waals surface area contributed by atoms with E-state index in [-0.39, 0.29) is 17.5 Å². The highest BCUT2D eigenvalue weighted by atomic mass is 16.4. The van der Waals surface area contributed by atoms with Crippen LogP contribution in [0.3, 0.4) is 0 Å². The molecule has 4 rings (SSSR count). The summed E-state index contributed by atoms with van der Waals surface area (Å²) in [6, 6.07) is 16.4. The van der Waals surface area contributed by atoms with E-state index in [1.54, 1.807) is 23.9 Å². The van der Waals surface area contributed by atoms with Crippen molar-refractivity contribution in [1.29, 1.82) is 5.26 Å². The number of nitrogens with zero attached hydrogens (tertiary/aromatic N) is 3. The standard InChI is InChI=1S/C23H24N4O2/c1-17-21(20(15-24)23(29-17)27-11-5-6-12-27)22(28)25-19-9-13-26(14-10-19)16-18-7-3-2-4-8-18/h2-8,11-12,19H,9-10,13-14,16H2,1H3,(H,25,28). The van der Waals surface area contributed by atoms with Crippen LogP contribution in [0.4, 0.5) is 0 Å². The van der Waals surface area contributed by atoms with Crippen molar-refractivity contribution in [3.63, 3.8) is 0 Å². The minimum atomic E-state index is -0.234. The summed E-state index contributed by atoms with van der Waals surface area (Å²) in [5, 5.41) is 12.7. The van der Waals surface area contributed by atoms with Crippen molar-refractivity contribution >= 4 is 5.91 Å². The topological polar surface area (TPSA) is 74.2 Å². The Morgan fingerprint density at radius 3 is 2.52 bits per heavy atom. The minimum absolute atomic E-state index is 0.102. The molecule has 2 aromatic heterocycles. The van der Waals surface area contributed by atoms with Crippen LogP contribution in [0.25, 0.3) is 5.88 Å². The van der Waals surface area contributed by atoms with Gasteiger partial charge in [-0.2, -0.15) is 5.26 Å². The van der Waals surface area contributed by atoms with Crippen molar-refractivity contribution in [2.24, 2.45) is 0 Å². The maximum atomic E-state index is 12.9. The lowest BCUT2D eigenvalue weighted by atomic mass is 10.0. The summed E-state index contributed by atoms with van der Waals surface area (Å²) < 4.78 is 7.46. The third-order valence-corrected chi connectivity index (χ3v) is 5.42. The third-order valence-electron chi connectivity index (χ3n) is 5.42. The Balaban J connectivity index is 1.40. The van der Waals surface area contributed by atoms with Crippen molar-refractivity contribution in [1.82, 2.24) is 14.8 Å². The van der Waals surface area contributed by atoms with E-state index in [2.05, 4.69) is 40.6 Å². The molecular formula is C23H24N4O2. The fourth-order valence-corrected chi connectivity index (χ4v) is 3.89. The fourth-order valence-electron chi connectivity index (χ4n) is 3.89. The maximum Gasteiger partial charge on any atom is 0.256 e. The first kappa shape index (κ1) is 19.0. The van der Waals surface area contributed by atoms with E-state index in [1.807, 2.05) is 18.2 Å². The van der Waals surface area contributed by atoms with Crippen molar-refractivity contribution in [3.8, 4) is 12.0 Å². The molecule has 0 radical (unpaired) electrons. The number of amides is 1. The highest BCUT2D eigenvalue weighted by Crippen LogP contribution is 2.26. The molecule has 6 nitrogen and oxygen atoms in total. The van der Waals surface area contributed by atoms with Crippen molar-refractivity contribution < 1.29 is 9.21 Å². The molecule has 0 spiro atoms. The van der Waals surface area contributed by atoms with E-state index in [0.717, 1.165) is 32.5 Å². The Labute approximate surface area is 170 Å². The van der Waals surface area contributed by atoms with Gasteiger partial charge in [0.25, 0.3) is 5.91 Å². The number of piperidine rings is 1. The zero-order chi connectivity index (χ0) is 20.2. The van der Waals surface area contributed by atoms with Gasteiger partial charge in [0.05, 0.1) is 0 Å². The first-order valence-electron chi connectivity index (χ1n) is 9.89. The van der Waals surface area contributed by atoms with E-state index >= 15 is 0 Å². The molecule has 0 bridgehead atoms.